The number of aromatic nitrogens is 1. The number of nitrogens with zero attached hydrogens (tertiary/aromatic N) is 4. The molecule has 1 saturated heterocycles. The Balaban J connectivity index is 1.63. The maximum atomic E-state index is 13.8. The number of hydrogen-bond donors (Lipinski definition) is 1. The van der Waals surface area contributed by atoms with Crippen LogP contribution in [-0.2, 0) is 35.1 Å². The summed E-state index contributed by atoms with van der Waals surface area (Å²) in [5, 5.41) is 6.50. The van der Waals surface area contributed by atoms with Crippen molar-refractivity contribution in [3.63, 3.8) is 0 Å². The van der Waals surface area contributed by atoms with Crippen molar-refractivity contribution >= 4 is 58.3 Å². The number of aryl methyl sites for hydroxylation is 1. The number of hydrogen-bond acceptors (Lipinski definition) is 10. The largest absolute Gasteiger partial charge is 0.466 e. The van der Waals surface area contributed by atoms with Crippen molar-refractivity contribution in [2.24, 2.45) is 0 Å². The summed E-state index contributed by atoms with van der Waals surface area (Å²) < 4.78 is 10.4. The van der Waals surface area contributed by atoms with Gasteiger partial charge >= 0.3 is 11.9 Å². The van der Waals surface area contributed by atoms with Crippen LogP contribution < -0.4 is 5.32 Å². The number of halogens is 2. The van der Waals surface area contributed by atoms with E-state index >= 15 is 0 Å². The van der Waals surface area contributed by atoms with Gasteiger partial charge in [-0.2, -0.15) is 0 Å². The van der Waals surface area contributed by atoms with Gasteiger partial charge in [-0.15, -0.1) is 11.3 Å². The van der Waals surface area contributed by atoms with Gasteiger partial charge < -0.3 is 24.6 Å². The first kappa shape index (κ1) is 36.4. The van der Waals surface area contributed by atoms with E-state index in [9.17, 15) is 19.2 Å². The molecule has 1 fully saturated rings. The van der Waals surface area contributed by atoms with Gasteiger partial charge in [-0.25, -0.2) is 14.6 Å². The average molecular weight is 707 g/mol. The molecule has 2 amide bonds. The fraction of sp³-hybridized carbons (Fsp3) is 0.485. The van der Waals surface area contributed by atoms with Crippen LogP contribution in [-0.4, -0.2) is 103 Å². The molecule has 0 saturated carbocycles. The van der Waals surface area contributed by atoms with Crippen LogP contribution in [0.25, 0.3) is 0 Å². The second-order valence-electron chi connectivity index (χ2n) is 11.2. The van der Waals surface area contributed by atoms with Crippen LogP contribution in [0.2, 0.25) is 10.0 Å². The van der Waals surface area contributed by atoms with Crippen molar-refractivity contribution in [2.75, 3.05) is 60.0 Å². The molecular weight excluding hydrogens is 665 g/mol. The minimum atomic E-state index is -1.05. The van der Waals surface area contributed by atoms with E-state index in [1.54, 1.807) is 36.2 Å². The second kappa shape index (κ2) is 17.1. The molecule has 1 aromatic heterocycles. The van der Waals surface area contributed by atoms with Gasteiger partial charge in [-0.1, -0.05) is 29.3 Å². The number of esters is 2. The molecule has 14 heteroatoms. The van der Waals surface area contributed by atoms with Crippen molar-refractivity contribution in [2.45, 2.75) is 45.4 Å². The molecule has 2 aromatic rings. The Kier molecular flexibility index (Phi) is 13.2. The van der Waals surface area contributed by atoms with Crippen molar-refractivity contribution in [1.82, 2.24) is 25.0 Å². The summed E-state index contributed by atoms with van der Waals surface area (Å²) in [7, 11) is 2.51. The predicted octanol–water partition coefficient (Wildman–Crippen LogP) is 4.42. The van der Waals surface area contributed by atoms with Gasteiger partial charge in [0.2, 0.25) is 11.8 Å². The Morgan fingerprint density at radius 1 is 1.00 bits per heavy atom. The van der Waals surface area contributed by atoms with Gasteiger partial charge in [-0.05, 0) is 38.4 Å². The van der Waals surface area contributed by atoms with E-state index in [0.29, 0.717) is 69.1 Å². The van der Waals surface area contributed by atoms with E-state index in [1.807, 2.05) is 17.2 Å². The minimum absolute atomic E-state index is 0.0683. The van der Waals surface area contributed by atoms with Crippen molar-refractivity contribution < 1.29 is 28.7 Å². The van der Waals surface area contributed by atoms with Crippen LogP contribution in [0.3, 0.4) is 0 Å². The van der Waals surface area contributed by atoms with Crippen LogP contribution >= 0.6 is 34.5 Å². The predicted molar refractivity (Wildman–Crippen MR) is 181 cm³/mol. The Labute approximate surface area is 289 Å². The zero-order valence-corrected chi connectivity index (χ0v) is 29.5. The summed E-state index contributed by atoms with van der Waals surface area (Å²) >= 11 is 14.9. The van der Waals surface area contributed by atoms with Gasteiger partial charge in [0.1, 0.15) is 0 Å². The Morgan fingerprint density at radius 3 is 2.19 bits per heavy atom. The van der Waals surface area contributed by atoms with E-state index < -0.39 is 17.9 Å². The van der Waals surface area contributed by atoms with Crippen LogP contribution in [0.4, 0.5) is 0 Å². The first-order chi connectivity index (χ1) is 22.6. The number of carbonyl (C=O) groups is 4. The maximum Gasteiger partial charge on any atom is 0.336 e. The van der Waals surface area contributed by atoms with E-state index in [1.165, 1.54) is 25.6 Å². The van der Waals surface area contributed by atoms with E-state index in [-0.39, 0.29) is 39.4 Å². The number of ether oxygens (including phenoxy) is 2. The van der Waals surface area contributed by atoms with Crippen molar-refractivity contribution in [3.8, 4) is 0 Å². The SMILES string of the molecule is CCN(CCCN1CCN(C(=O)CC2=C(C(=O)OC)C(c3c(Cl)cccc3Cl)C(C(=O)OC)=C(CCc3nccs3)N2)CC1)C(C)=O. The Morgan fingerprint density at radius 2 is 1.64 bits per heavy atom. The number of benzene rings is 1. The molecule has 2 aliphatic heterocycles. The number of allylic oxidation sites excluding steroid dienone is 1. The molecule has 1 atom stereocenters. The monoisotopic (exact) mass is 705 g/mol. The molecule has 3 heterocycles. The third-order valence-electron chi connectivity index (χ3n) is 8.48. The molecule has 0 spiro atoms. The van der Waals surface area contributed by atoms with Gasteiger partial charge in [0.05, 0.1) is 42.7 Å². The lowest BCUT2D eigenvalue weighted by atomic mass is 9.78. The van der Waals surface area contributed by atoms with Gasteiger partial charge in [0, 0.05) is 91.2 Å². The van der Waals surface area contributed by atoms with Crippen LogP contribution in [0.15, 0.2) is 52.3 Å². The minimum Gasteiger partial charge on any atom is -0.466 e. The third kappa shape index (κ3) is 8.92. The topological polar surface area (TPSA) is 121 Å². The zero-order chi connectivity index (χ0) is 34.1. The molecule has 1 unspecified atom stereocenters. The third-order valence-corrected chi connectivity index (χ3v) is 9.98. The highest BCUT2D eigenvalue weighted by Crippen LogP contribution is 2.46. The summed E-state index contributed by atoms with van der Waals surface area (Å²) in [6.07, 6.45) is 3.28. The molecular formula is C33H41Cl2N5O6S. The first-order valence-electron chi connectivity index (χ1n) is 15.6. The number of methoxy groups -OCH3 is 2. The highest BCUT2D eigenvalue weighted by molar-refractivity contribution is 7.09. The normalized spacial score (nSPS) is 17.0. The molecule has 1 aromatic carbocycles. The first-order valence-corrected chi connectivity index (χ1v) is 17.2. The number of thiazole rings is 1. The molecule has 11 nitrogen and oxygen atoms in total. The number of carbonyl (C=O) groups excluding carboxylic acids is 4. The lowest BCUT2D eigenvalue weighted by Crippen LogP contribution is -2.49. The van der Waals surface area contributed by atoms with Gasteiger partial charge in [0.15, 0.2) is 0 Å². The highest BCUT2D eigenvalue weighted by atomic mass is 35.5. The van der Waals surface area contributed by atoms with E-state index in [2.05, 4.69) is 15.2 Å². The Hall–Kier alpha value is -3.45. The summed E-state index contributed by atoms with van der Waals surface area (Å²) in [6, 6.07) is 4.94. The smallest absolute Gasteiger partial charge is 0.336 e. The molecule has 0 aliphatic carbocycles. The molecule has 4 rings (SSSR count). The number of piperazine rings is 1. The van der Waals surface area contributed by atoms with Gasteiger partial charge in [-0.3, -0.25) is 14.5 Å². The molecule has 254 valence electrons. The molecule has 1 N–H and O–H groups in total. The molecule has 0 radical (unpaired) electrons. The summed E-state index contributed by atoms with van der Waals surface area (Å²) in [5.41, 5.74) is 1.38. The molecule has 47 heavy (non-hydrogen) atoms. The fourth-order valence-electron chi connectivity index (χ4n) is 6.04. The zero-order valence-electron chi connectivity index (χ0n) is 27.1. The Bertz CT molecular complexity index is 1500. The molecule has 0 bridgehead atoms. The van der Waals surface area contributed by atoms with E-state index in [0.717, 1.165) is 18.0 Å². The number of rotatable bonds is 13. The fourth-order valence-corrected chi connectivity index (χ4v) is 7.28. The number of nitrogens with one attached hydrogen (secondary N) is 1. The van der Waals surface area contributed by atoms with Crippen molar-refractivity contribution in [3.05, 3.63) is 72.9 Å². The second-order valence-corrected chi connectivity index (χ2v) is 13.0. The van der Waals surface area contributed by atoms with Gasteiger partial charge in [0.25, 0.3) is 0 Å². The summed E-state index contributed by atoms with van der Waals surface area (Å²) in [4.78, 5) is 62.8. The van der Waals surface area contributed by atoms with Crippen molar-refractivity contribution in [1.29, 1.82) is 0 Å². The number of amides is 2. The van der Waals surface area contributed by atoms with Crippen LogP contribution in [0, 0.1) is 0 Å². The summed E-state index contributed by atoms with van der Waals surface area (Å²) in [5.74, 6) is -2.55. The highest BCUT2D eigenvalue weighted by Gasteiger charge is 2.42. The van der Waals surface area contributed by atoms with E-state index in [4.69, 9.17) is 32.7 Å². The molecule has 2 aliphatic rings. The number of dihydropyridines is 1. The van der Waals surface area contributed by atoms with Crippen LogP contribution in [0.5, 0.6) is 0 Å². The summed E-state index contributed by atoms with van der Waals surface area (Å²) in [6.45, 7) is 8.18. The standard InChI is InChI=1S/C33H41Cl2N5O6S/c1-5-39(21(2)41)14-7-13-38-15-17-40(18-16-38)27(42)20-25-30(33(44)46-4)31(28-22(34)8-6-9-23(28)35)29(32(43)45-3)24(37-25)10-11-26-36-12-19-47-26/h6,8-9,12,19,31,37H,5,7,10-11,13-18,20H2,1-4H3. The lowest BCUT2D eigenvalue weighted by Gasteiger charge is -2.36. The quantitative estimate of drug-likeness (QED) is 0.302. The maximum absolute atomic E-state index is 13.8. The lowest BCUT2D eigenvalue weighted by molar-refractivity contribution is -0.137. The van der Waals surface area contributed by atoms with Crippen LogP contribution in [0.1, 0.15) is 49.6 Å². The average Bonchev–Trinajstić information content (AvgIpc) is 3.59.